The summed E-state index contributed by atoms with van der Waals surface area (Å²) in [6.07, 6.45) is 3.26. The number of alkyl halides is 1. The molecule has 1 aliphatic rings. The number of nitrogens with zero attached hydrogens (tertiary/aromatic N) is 2. The molecule has 0 bridgehead atoms. The molecule has 0 saturated heterocycles. The quantitative estimate of drug-likeness (QED) is 0.741. The first-order valence-corrected chi connectivity index (χ1v) is 9.87. The molecule has 7 heteroatoms. The average molecular weight is 351 g/mol. The van der Waals surface area contributed by atoms with E-state index in [9.17, 15) is 8.42 Å². The van der Waals surface area contributed by atoms with Crippen LogP contribution in [-0.4, -0.2) is 50.8 Å². The van der Waals surface area contributed by atoms with E-state index >= 15 is 0 Å². The topological polar surface area (TPSA) is 40.6 Å². The lowest BCUT2D eigenvalue weighted by molar-refractivity contribution is 0.0455. The van der Waals surface area contributed by atoms with Crippen molar-refractivity contribution in [1.29, 1.82) is 0 Å². The molecule has 0 amide bonds. The number of halogens is 1. The van der Waals surface area contributed by atoms with Gasteiger partial charge in [-0.2, -0.15) is 4.31 Å². The summed E-state index contributed by atoms with van der Waals surface area (Å²) in [5.74, 6) is 0.236. The van der Waals surface area contributed by atoms with Crippen LogP contribution in [0.2, 0.25) is 0 Å². The van der Waals surface area contributed by atoms with E-state index in [2.05, 4.69) is 4.90 Å². The van der Waals surface area contributed by atoms with Gasteiger partial charge >= 0.3 is 0 Å². The number of likely N-dealkylation sites (N-methyl/N-ethyl adjacent to an activating group) is 2. The molecule has 0 aromatic carbocycles. The van der Waals surface area contributed by atoms with Crippen LogP contribution in [0.4, 0.5) is 0 Å². The maximum Gasteiger partial charge on any atom is 0.244 e. The minimum absolute atomic E-state index is 0.0210. The van der Waals surface area contributed by atoms with Gasteiger partial charge in [-0.1, -0.05) is 0 Å². The van der Waals surface area contributed by atoms with Gasteiger partial charge in [0.2, 0.25) is 10.0 Å². The molecule has 0 radical (unpaired) electrons. The predicted molar refractivity (Wildman–Crippen MR) is 88.7 cm³/mol. The van der Waals surface area contributed by atoms with Crippen molar-refractivity contribution in [3.63, 3.8) is 0 Å². The summed E-state index contributed by atoms with van der Waals surface area (Å²) >= 11 is 7.31. The smallest absolute Gasteiger partial charge is 0.244 e. The van der Waals surface area contributed by atoms with E-state index in [1.165, 1.54) is 15.6 Å². The van der Waals surface area contributed by atoms with Crippen LogP contribution < -0.4 is 0 Å². The third kappa shape index (κ3) is 3.01. The van der Waals surface area contributed by atoms with Crippen LogP contribution in [0.15, 0.2) is 10.3 Å². The lowest BCUT2D eigenvalue weighted by Gasteiger charge is -2.49. The molecule has 1 aromatic rings. The van der Waals surface area contributed by atoms with Gasteiger partial charge in [-0.3, -0.25) is 0 Å². The Bertz CT molecular complexity index is 606. The maximum absolute atomic E-state index is 12.9. The lowest BCUT2D eigenvalue weighted by Crippen LogP contribution is -2.57. The van der Waals surface area contributed by atoms with Gasteiger partial charge in [0, 0.05) is 24.0 Å². The normalized spacial score (nSPS) is 18.2. The van der Waals surface area contributed by atoms with Crippen molar-refractivity contribution >= 4 is 33.0 Å². The standard InChI is InChI=1S/C14H23ClN2O2S2/c1-11-9-20-12(8-15)13(11)21(18,19)17(4)10-14(16(2)3)6-5-7-14/h9H,5-8,10H2,1-4H3. The molecule has 0 aliphatic heterocycles. The Hall–Kier alpha value is -0.140. The van der Waals surface area contributed by atoms with Crippen molar-refractivity contribution in [2.75, 3.05) is 27.7 Å². The Morgan fingerprint density at radius 2 is 1.95 bits per heavy atom. The van der Waals surface area contributed by atoms with Gasteiger partial charge in [-0.15, -0.1) is 22.9 Å². The average Bonchev–Trinajstić information content (AvgIpc) is 2.74. The number of thiophene rings is 1. The van der Waals surface area contributed by atoms with E-state index in [1.807, 2.05) is 26.4 Å². The lowest BCUT2D eigenvalue weighted by atomic mass is 9.75. The molecule has 1 fully saturated rings. The fourth-order valence-corrected chi connectivity index (χ4v) is 6.17. The van der Waals surface area contributed by atoms with E-state index < -0.39 is 10.0 Å². The summed E-state index contributed by atoms with van der Waals surface area (Å²) in [6, 6.07) is 0. The van der Waals surface area contributed by atoms with Crippen molar-refractivity contribution in [3.05, 3.63) is 15.8 Å². The van der Waals surface area contributed by atoms with Crippen molar-refractivity contribution in [2.45, 2.75) is 42.5 Å². The highest BCUT2D eigenvalue weighted by molar-refractivity contribution is 7.89. The number of rotatable bonds is 6. The molecule has 21 heavy (non-hydrogen) atoms. The molecule has 0 spiro atoms. The zero-order chi connectivity index (χ0) is 15.8. The second kappa shape index (κ2) is 6.16. The van der Waals surface area contributed by atoms with Crippen molar-refractivity contribution in [1.82, 2.24) is 9.21 Å². The van der Waals surface area contributed by atoms with Gasteiger partial charge in [0.25, 0.3) is 0 Å². The molecule has 4 nitrogen and oxygen atoms in total. The first-order valence-electron chi connectivity index (χ1n) is 7.01. The van der Waals surface area contributed by atoms with Crippen molar-refractivity contribution in [3.8, 4) is 0 Å². The molecule has 1 heterocycles. The van der Waals surface area contributed by atoms with Gasteiger partial charge < -0.3 is 4.90 Å². The summed E-state index contributed by atoms with van der Waals surface area (Å²) in [7, 11) is 2.25. The number of hydrogen-bond donors (Lipinski definition) is 0. The molecule has 0 atom stereocenters. The van der Waals surface area contributed by atoms with Gasteiger partial charge in [0.15, 0.2) is 0 Å². The van der Waals surface area contributed by atoms with Gasteiger partial charge in [-0.05, 0) is 51.2 Å². The highest BCUT2D eigenvalue weighted by Crippen LogP contribution is 2.38. The number of hydrogen-bond acceptors (Lipinski definition) is 4. The molecule has 2 rings (SSSR count). The van der Waals surface area contributed by atoms with Gasteiger partial charge in [0.05, 0.1) is 5.88 Å². The summed E-state index contributed by atoms with van der Waals surface area (Å²) in [5, 5.41) is 1.86. The second-order valence-corrected chi connectivity index (χ2v) is 9.25. The summed E-state index contributed by atoms with van der Waals surface area (Å²) in [4.78, 5) is 3.29. The molecular formula is C14H23ClN2O2S2. The Morgan fingerprint density at radius 3 is 2.38 bits per heavy atom. The summed E-state index contributed by atoms with van der Waals surface area (Å²) in [6.45, 7) is 2.36. The fourth-order valence-electron chi connectivity index (χ4n) is 2.91. The fraction of sp³-hybridized carbons (Fsp3) is 0.714. The third-order valence-corrected chi connectivity index (χ3v) is 8.22. The Morgan fingerprint density at radius 1 is 1.33 bits per heavy atom. The van der Waals surface area contributed by atoms with Crippen LogP contribution >= 0.6 is 22.9 Å². The Kier molecular flexibility index (Phi) is 5.05. The zero-order valence-electron chi connectivity index (χ0n) is 13.0. The van der Waals surface area contributed by atoms with E-state index in [1.54, 1.807) is 7.05 Å². The van der Waals surface area contributed by atoms with Crippen LogP contribution in [0.1, 0.15) is 29.7 Å². The molecule has 0 unspecified atom stereocenters. The highest BCUT2D eigenvalue weighted by atomic mass is 35.5. The summed E-state index contributed by atoms with van der Waals surface area (Å²) in [5.41, 5.74) is 0.766. The van der Waals surface area contributed by atoms with Crippen LogP contribution in [0.5, 0.6) is 0 Å². The Labute approximate surface area is 136 Å². The van der Waals surface area contributed by atoms with Crippen LogP contribution in [0.25, 0.3) is 0 Å². The van der Waals surface area contributed by atoms with Crippen LogP contribution in [0, 0.1) is 6.92 Å². The molecule has 1 aliphatic carbocycles. The Balaban J connectivity index is 2.29. The maximum atomic E-state index is 12.9. The molecule has 120 valence electrons. The zero-order valence-corrected chi connectivity index (χ0v) is 15.4. The van der Waals surface area contributed by atoms with E-state index in [4.69, 9.17) is 11.6 Å². The first-order chi connectivity index (χ1) is 9.74. The number of aryl methyl sites for hydroxylation is 1. The minimum Gasteiger partial charge on any atom is -0.302 e. The minimum atomic E-state index is -3.48. The highest BCUT2D eigenvalue weighted by Gasteiger charge is 2.42. The monoisotopic (exact) mass is 350 g/mol. The van der Waals surface area contributed by atoms with E-state index in [0.717, 1.165) is 29.7 Å². The summed E-state index contributed by atoms with van der Waals surface area (Å²) < 4.78 is 27.3. The first kappa shape index (κ1) is 17.2. The van der Waals surface area contributed by atoms with Gasteiger partial charge in [0.1, 0.15) is 4.90 Å². The third-order valence-electron chi connectivity index (χ3n) is 4.53. The van der Waals surface area contributed by atoms with Crippen LogP contribution in [-0.2, 0) is 15.9 Å². The molecule has 1 aromatic heterocycles. The molecule has 1 saturated carbocycles. The predicted octanol–water partition coefficient (Wildman–Crippen LogP) is 2.90. The molecule has 0 N–H and O–H groups in total. The molecular weight excluding hydrogens is 328 g/mol. The van der Waals surface area contributed by atoms with Crippen LogP contribution in [0.3, 0.4) is 0 Å². The van der Waals surface area contributed by atoms with E-state index in [0.29, 0.717) is 11.4 Å². The van der Waals surface area contributed by atoms with Crippen molar-refractivity contribution in [2.24, 2.45) is 0 Å². The number of sulfonamides is 1. The SMILES string of the molecule is Cc1csc(CCl)c1S(=O)(=O)N(C)CC1(N(C)C)CCC1. The van der Waals surface area contributed by atoms with Crippen molar-refractivity contribution < 1.29 is 8.42 Å². The second-order valence-electron chi connectivity index (χ2n) is 6.04. The largest absolute Gasteiger partial charge is 0.302 e. The van der Waals surface area contributed by atoms with E-state index in [-0.39, 0.29) is 11.4 Å². The van der Waals surface area contributed by atoms with Gasteiger partial charge in [-0.25, -0.2) is 8.42 Å².